The summed E-state index contributed by atoms with van der Waals surface area (Å²) in [5.74, 6) is -0.120. The smallest absolute Gasteiger partial charge is 0.244 e. The summed E-state index contributed by atoms with van der Waals surface area (Å²) in [6, 6.07) is 19.0. The first-order valence-electron chi connectivity index (χ1n) is 9.10. The third-order valence-electron chi connectivity index (χ3n) is 4.74. The Morgan fingerprint density at radius 3 is 2.61 bits per heavy atom. The van der Waals surface area contributed by atoms with E-state index in [2.05, 4.69) is 20.6 Å². The van der Waals surface area contributed by atoms with Crippen LogP contribution in [0.1, 0.15) is 29.2 Å². The van der Waals surface area contributed by atoms with Crippen LogP contribution < -0.4 is 10.6 Å². The van der Waals surface area contributed by atoms with E-state index in [9.17, 15) is 4.79 Å². The Balaban J connectivity index is 1.61. The van der Waals surface area contributed by atoms with Crippen LogP contribution in [0.3, 0.4) is 0 Å². The number of aromatic nitrogens is 2. The van der Waals surface area contributed by atoms with Crippen LogP contribution in [0.25, 0.3) is 0 Å². The Kier molecular flexibility index (Phi) is 5.08. The van der Waals surface area contributed by atoms with Crippen molar-refractivity contribution < 1.29 is 4.79 Å². The minimum Gasteiger partial charge on any atom is -0.361 e. The number of pyridine rings is 1. The number of anilines is 1. The first-order chi connectivity index (χ1) is 13.6. The van der Waals surface area contributed by atoms with E-state index < -0.39 is 0 Å². The molecule has 142 valence electrons. The van der Waals surface area contributed by atoms with Crippen LogP contribution in [0.5, 0.6) is 0 Å². The van der Waals surface area contributed by atoms with E-state index in [1.165, 1.54) is 0 Å². The van der Waals surface area contributed by atoms with Crippen molar-refractivity contribution in [2.75, 3.05) is 11.9 Å². The highest BCUT2D eigenvalue weighted by atomic mass is 32.1. The normalized spacial score (nSPS) is 18.8. The van der Waals surface area contributed by atoms with E-state index in [1.807, 2.05) is 72.5 Å². The molecule has 1 aliphatic rings. The average molecular weight is 392 g/mol. The van der Waals surface area contributed by atoms with Crippen LogP contribution in [0.2, 0.25) is 0 Å². The van der Waals surface area contributed by atoms with Gasteiger partial charge in [-0.15, -0.1) is 0 Å². The molecule has 2 atom stereocenters. The van der Waals surface area contributed by atoms with Gasteiger partial charge in [0.05, 0.1) is 17.8 Å². The van der Waals surface area contributed by atoms with Crippen LogP contribution in [0, 0.1) is 6.92 Å². The molecule has 3 heterocycles. The number of hydrogen-bond acceptors (Lipinski definition) is 3. The molecular formula is C21H21N5OS. The van der Waals surface area contributed by atoms with E-state index in [4.69, 9.17) is 12.2 Å². The number of aryl methyl sites for hydroxylation is 1. The summed E-state index contributed by atoms with van der Waals surface area (Å²) in [5.41, 5.74) is 3.70. The van der Waals surface area contributed by atoms with E-state index in [1.54, 1.807) is 6.20 Å². The molecule has 0 radical (unpaired) electrons. The Bertz CT molecular complexity index is 973. The predicted molar refractivity (Wildman–Crippen MR) is 113 cm³/mol. The van der Waals surface area contributed by atoms with Gasteiger partial charge in [0.1, 0.15) is 6.54 Å². The molecule has 3 N–H and O–H groups in total. The van der Waals surface area contributed by atoms with Crippen molar-refractivity contribution in [1.82, 2.24) is 20.2 Å². The van der Waals surface area contributed by atoms with E-state index in [0.29, 0.717) is 5.11 Å². The Labute approximate surface area is 169 Å². The van der Waals surface area contributed by atoms with Gasteiger partial charge in [-0.3, -0.25) is 9.78 Å². The fourth-order valence-corrected chi connectivity index (χ4v) is 3.79. The summed E-state index contributed by atoms with van der Waals surface area (Å²) in [7, 11) is 0. The van der Waals surface area contributed by atoms with Gasteiger partial charge in [0.2, 0.25) is 5.91 Å². The zero-order chi connectivity index (χ0) is 19.5. The van der Waals surface area contributed by atoms with Crippen molar-refractivity contribution in [1.29, 1.82) is 0 Å². The van der Waals surface area contributed by atoms with Gasteiger partial charge >= 0.3 is 0 Å². The number of nitrogens with one attached hydrogen (secondary N) is 3. The summed E-state index contributed by atoms with van der Waals surface area (Å²) in [4.78, 5) is 22.5. The van der Waals surface area contributed by atoms with E-state index >= 15 is 0 Å². The summed E-state index contributed by atoms with van der Waals surface area (Å²) in [6.07, 6.45) is 1.77. The molecule has 1 aliphatic heterocycles. The number of amides is 1. The first-order valence-corrected chi connectivity index (χ1v) is 9.51. The van der Waals surface area contributed by atoms with Gasteiger partial charge in [-0.1, -0.05) is 24.3 Å². The zero-order valence-corrected chi connectivity index (χ0v) is 16.2. The molecule has 6 nitrogen and oxygen atoms in total. The lowest BCUT2D eigenvalue weighted by Gasteiger charge is -2.26. The third kappa shape index (κ3) is 3.75. The van der Waals surface area contributed by atoms with Crippen molar-refractivity contribution in [2.45, 2.75) is 19.0 Å². The number of carbonyl (C=O) groups is 1. The molecule has 4 rings (SSSR count). The van der Waals surface area contributed by atoms with Crippen molar-refractivity contribution >= 4 is 28.9 Å². The van der Waals surface area contributed by atoms with Gasteiger partial charge in [-0.05, 0) is 55.5 Å². The van der Waals surface area contributed by atoms with Gasteiger partial charge in [0, 0.05) is 23.3 Å². The molecule has 3 aromatic rings. The highest BCUT2D eigenvalue weighted by molar-refractivity contribution is 7.80. The van der Waals surface area contributed by atoms with Gasteiger partial charge in [0.15, 0.2) is 5.11 Å². The number of hydrogen-bond donors (Lipinski definition) is 3. The highest BCUT2D eigenvalue weighted by Gasteiger charge is 2.41. The molecule has 0 aliphatic carbocycles. The van der Waals surface area contributed by atoms with Crippen molar-refractivity contribution in [3.8, 4) is 0 Å². The summed E-state index contributed by atoms with van der Waals surface area (Å²) >= 11 is 5.58. The maximum Gasteiger partial charge on any atom is 0.244 e. The largest absolute Gasteiger partial charge is 0.361 e. The molecule has 1 saturated heterocycles. The number of benzene rings is 1. The monoisotopic (exact) mass is 391 g/mol. The third-order valence-corrected chi connectivity index (χ3v) is 5.09. The Hall–Kier alpha value is -3.19. The number of rotatable bonds is 5. The zero-order valence-electron chi connectivity index (χ0n) is 15.4. The molecule has 0 saturated carbocycles. The number of nitrogens with zero attached hydrogens (tertiary/aromatic N) is 2. The SMILES string of the molecule is Cc1ccc([C@H]2[C@@H](c3ccccn3)NC(=S)N2CC(=O)Nc2ccccc2)[nH]1. The number of carbonyl (C=O) groups excluding carboxylic acids is 1. The number of para-hydroxylation sites is 1. The topological polar surface area (TPSA) is 73.1 Å². The fraction of sp³-hybridized carbons (Fsp3) is 0.190. The lowest BCUT2D eigenvalue weighted by Crippen LogP contribution is -2.37. The molecule has 1 fully saturated rings. The van der Waals surface area contributed by atoms with E-state index in [-0.39, 0.29) is 24.5 Å². The van der Waals surface area contributed by atoms with Gasteiger partial charge in [-0.25, -0.2) is 0 Å². The standard InChI is InChI=1S/C21H21N5OS/c1-14-10-11-17(23-14)20-19(16-9-5-6-12-22-16)25-21(28)26(20)13-18(27)24-15-7-3-2-4-8-15/h2-12,19-20,23H,13H2,1H3,(H,24,27)(H,25,28)/t19-,20+/m1/s1. The number of H-pyrrole nitrogens is 1. The van der Waals surface area contributed by atoms with Gasteiger partial charge in [-0.2, -0.15) is 0 Å². The second-order valence-corrected chi connectivity index (χ2v) is 7.15. The van der Waals surface area contributed by atoms with Gasteiger partial charge in [0.25, 0.3) is 0 Å². The van der Waals surface area contributed by atoms with E-state index in [0.717, 1.165) is 22.8 Å². The first kappa shape index (κ1) is 18.2. The minimum absolute atomic E-state index is 0.120. The molecular weight excluding hydrogens is 370 g/mol. The van der Waals surface area contributed by atoms with Crippen molar-refractivity contribution in [3.05, 3.63) is 83.9 Å². The second-order valence-electron chi connectivity index (χ2n) is 6.77. The Morgan fingerprint density at radius 2 is 1.93 bits per heavy atom. The molecule has 0 unspecified atom stereocenters. The number of aromatic amines is 1. The molecule has 2 aromatic heterocycles. The fourth-order valence-electron chi connectivity index (χ4n) is 3.49. The number of thiocarbonyl (C=S) groups is 1. The Morgan fingerprint density at radius 1 is 1.14 bits per heavy atom. The summed E-state index contributed by atoms with van der Waals surface area (Å²) < 4.78 is 0. The molecule has 0 bridgehead atoms. The average Bonchev–Trinajstić information content (AvgIpc) is 3.26. The molecule has 1 aromatic carbocycles. The second kappa shape index (κ2) is 7.82. The van der Waals surface area contributed by atoms with Crippen LogP contribution in [-0.4, -0.2) is 32.4 Å². The molecule has 1 amide bonds. The molecule has 0 spiro atoms. The highest BCUT2D eigenvalue weighted by Crippen LogP contribution is 2.37. The van der Waals surface area contributed by atoms with Crippen LogP contribution >= 0.6 is 12.2 Å². The molecule has 28 heavy (non-hydrogen) atoms. The lowest BCUT2D eigenvalue weighted by molar-refractivity contribution is -0.116. The van der Waals surface area contributed by atoms with Crippen LogP contribution in [-0.2, 0) is 4.79 Å². The van der Waals surface area contributed by atoms with Gasteiger partial charge < -0.3 is 20.5 Å². The maximum atomic E-state index is 12.7. The minimum atomic E-state index is -0.155. The predicted octanol–water partition coefficient (Wildman–Crippen LogP) is 3.33. The van der Waals surface area contributed by atoms with Crippen LogP contribution in [0.15, 0.2) is 66.9 Å². The summed E-state index contributed by atoms with van der Waals surface area (Å²) in [5, 5.41) is 6.81. The maximum absolute atomic E-state index is 12.7. The van der Waals surface area contributed by atoms with Crippen molar-refractivity contribution in [2.24, 2.45) is 0 Å². The summed E-state index contributed by atoms with van der Waals surface area (Å²) in [6.45, 7) is 2.15. The quantitative estimate of drug-likeness (QED) is 0.582. The lowest BCUT2D eigenvalue weighted by atomic mass is 10.0. The molecule has 7 heteroatoms. The van der Waals surface area contributed by atoms with Crippen LogP contribution in [0.4, 0.5) is 5.69 Å². The van der Waals surface area contributed by atoms with Crippen molar-refractivity contribution in [3.63, 3.8) is 0 Å².